The standard InChI is InChI=1S/C15H22F2O/c1-3-4-5-6-7-8-13-9-11-14(12-10-13)15(16,17)18-2/h9-12H,3-8H2,1-2H3. The minimum absolute atomic E-state index is 0.0836. The normalized spacial score (nSPS) is 11.8. The maximum absolute atomic E-state index is 13.2. The molecule has 0 amide bonds. The van der Waals surface area contributed by atoms with E-state index >= 15 is 0 Å². The Morgan fingerprint density at radius 2 is 1.61 bits per heavy atom. The van der Waals surface area contributed by atoms with Crippen LogP contribution in [0, 0.1) is 0 Å². The van der Waals surface area contributed by atoms with Crippen molar-refractivity contribution in [2.24, 2.45) is 0 Å². The number of hydrogen-bond donors (Lipinski definition) is 0. The molecule has 1 aromatic carbocycles. The molecule has 0 unspecified atom stereocenters. The van der Waals surface area contributed by atoms with Crippen LogP contribution in [0.4, 0.5) is 8.78 Å². The van der Waals surface area contributed by atoms with Crippen LogP contribution < -0.4 is 0 Å². The highest BCUT2D eigenvalue weighted by Gasteiger charge is 2.30. The summed E-state index contributed by atoms with van der Waals surface area (Å²) in [6.45, 7) is 2.19. The van der Waals surface area contributed by atoms with Crippen LogP contribution in [0.3, 0.4) is 0 Å². The van der Waals surface area contributed by atoms with Gasteiger partial charge in [0.1, 0.15) is 0 Å². The van der Waals surface area contributed by atoms with Crippen molar-refractivity contribution < 1.29 is 13.5 Å². The minimum Gasteiger partial charge on any atom is -0.320 e. The Kier molecular flexibility index (Phi) is 6.27. The van der Waals surface area contributed by atoms with Crippen LogP contribution in [0.5, 0.6) is 0 Å². The van der Waals surface area contributed by atoms with Crippen LogP contribution in [0.2, 0.25) is 0 Å². The molecule has 0 saturated carbocycles. The minimum atomic E-state index is -3.18. The third-order valence-electron chi connectivity index (χ3n) is 3.12. The highest BCUT2D eigenvalue weighted by molar-refractivity contribution is 5.24. The third-order valence-corrected chi connectivity index (χ3v) is 3.12. The molecular formula is C15H22F2O. The first-order valence-electron chi connectivity index (χ1n) is 6.62. The van der Waals surface area contributed by atoms with Crippen molar-refractivity contribution in [1.82, 2.24) is 0 Å². The average Bonchev–Trinajstić information content (AvgIpc) is 2.39. The molecule has 0 aliphatic rings. The molecule has 3 heteroatoms. The number of rotatable bonds is 8. The van der Waals surface area contributed by atoms with Crippen LogP contribution in [-0.4, -0.2) is 7.11 Å². The number of ether oxygens (including phenoxy) is 1. The lowest BCUT2D eigenvalue weighted by Crippen LogP contribution is -2.15. The zero-order valence-electron chi connectivity index (χ0n) is 11.2. The second-order valence-electron chi connectivity index (χ2n) is 4.58. The highest BCUT2D eigenvalue weighted by Crippen LogP contribution is 2.28. The van der Waals surface area contributed by atoms with Crippen molar-refractivity contribution in [2.75, 3.05) is 7.11 Å². The Morgan fingerprint density at radius 3 is 2.17 bits per heavy atom. The van der Waals surface area contributed by atoms with Crippen molar-refractivity contribution in [2.45, 2.75) is 51.6 Å². The van der Waals surface area contributed by atoms with Gasteiger partial charge >= 0.3 is 6.11 Å². The van der Waals surface area contributed by atoms with Gasteiger partial charge in [-0.15, -0.1) is 0 Å². The van der Waals surface area contributed by atoms with Gasteiger partial charge in [-0.05, 0) is 18.4 Å². The predicted octanol–water partition coefficient (Wildman–Crippen LogP) is 4.90. The summed E-state index contributed by atoms with van der Waals surface area (Å²) < 4.78 is 30.5. The van der Waals surface area contributed by atoms with Gasteiger partial charge in [0.25, 0.3) is 0 Å². The van der Waals surface area contributed by atoms with E-state index in [2.05, 4.69) is 11.7 Å². The van der Waals surface area contributed by atoms with Crippen molar-refractivity contribution in [3.8, 4) is 0 Å². The largest absolute Gasteiger partial charge is 0.383 e. The molecule has 0 radical (unpaired) electrons. The quantitative estimate of drug-likeness (QED) is 0.601. The second kappa shape index (κ2) is 7.47. The average molecular weight is 256 g/mol. The maximum Gasteiger partial charge on any atom is 0.383 e. The number of hydrogen-bond acceptors (Lipinski definition) is 1. The lowest BCUT2D eigenvalue weighted by Gasteiger charge is -2.14. The fourth-order valence-electron chi connectivity index (χ4n) is 1.92. The molecule has 0 fully saturated rings. The molecule has 102 valence electrons. The first kappa shape index (κ1) is 15.1. The van der Waals surface area contributed by atoms with Gasteiger partial charge in [-0.1, -0.05) is 56.9 Å². The van der Waals surface area contributed by atoms with Crippen LogP contribution in [-0.2, 0) is 17.3 Å². The Morgan fingerprint density at radius 1 is 1.00 bits per heavy atom. The molecular weight excluding hydrogens is 234 g/mol. The van der Waals surface area contributed by atoms with Gasteiger partial charge in [0.15, 0.2) is 0 Å². The summed E-state index contributed by atoms with van der Waals surface area (Å²) in [7, 11) is 1.02. The van der Waals surface area contributed by atoms with Crippen LogP contribution in [0.1, 0.15) is 50.2 Å². The van der Waals surface area contributed by atoms with Gasteiger partial charge in [-0.2, -0.15) is 8.78 Å². The first-order valence-corrected chi connectivity index (χ1v) is 6.62. The molecule has 0 aliphatic heterocycles. The third kappa shape index (κ3) is 4.73. The van der Waals surface area contributed by atoms with E-state index < -0.39 is 6.11 Å². The SMILES string of the molecule is CCCCCCCc1ccc(C(F)(F)OC)cc1. The smallest absolute Gasteiger partial charge is 0.320 e. The first-order chi connectivity index (χ1) is 8.60. The van der Waals surface area contributed by atoms with E-state index in [1.807, 2.05) is 0 Å². The van der Waals surface area contributed by atoms with Crippen LogP contribution >= 0.6 is 0 Å². The summed E-state index contributed by atoms with van der Waals surface area (Å²) >= 11 is 0. The number of benzene rings is 1. The number of aryl methyl sites for hydroxylation is 1. The van der Waals surface area contributed by atoms with E-state index in [1.54, 1.807) is 12.1 Å². The summed E-state index contributed by atoms with van der Waals surface area (Å²) in [4.78, 5) is 0. The zero-order valence-corrected chi connectivity index (χ0v) is 11.2. The van der Waals surface area contributed by atoms with E-state index in [1.165, 1.54) is 37.8 Å². The summed E-state index contributed by atoms with van der Waals surface area (Å²) in [5, 5.41) is 0. The summed E-state index contributed by atoms with van der Waals surface area (Å²) in [5.74, 6) is 0. The van der Waals surface area contributed by atoms with Gasteiger partial charge in [0.05, 0.1) is 5.56 Å². The highest BCUT2D eigenvalue weighted by atomic mass is 19.3. The molecule has 18 heavy (non-hydrogen) atoms. The van der Waals surface area contributed by atoms with Crippen molar-refractivity contribution in [3.05, 3.63) is 35.4 Å². The van der Waals surface area contributed by atoms with E-state index in [9.17, 15) is 8.78 Å². The van der Waals surface area contributed by atoms with E-state index in [0.29, 0.717) is 0 Å². The van der Waals surface area contributed by atoms with E-state index in [4.69, 9.17) is 0 Å². The van der Waals surface area contributed by atoms with Crippen LogP contribution in [0.25, 0.3) is 0 Å². The van der Waals surface area contributed by atoms with E-state index in [-0.39, 0.29) is 5.56 Å². The van der Waals surface area contributed by atoms with E-state index in [0.717, 1.165) is 25.5 Å². The molecule has 1 aromatic rings. The fraction of sp³-hybridized carbons (Fsp3) is 0.600. The van der Waals surface area contributed by atoms with Gasteiger partial charge in [0.2, 0.25) is 0 Å². The van der Waals surface area contributed by atoms with Gasteiger partial charge in [-0.25, -0.2) is 0 Å². The Balaban J connectivity index is 2.41. The number of methoxy groups -OCH3 is 1. The lowest BCUT2D eigenvalue weighted by atomic mass is 10.0. The molecule has 0 N–H and O–H groups in total. The topological polar surface area (TPSA) is 9.23 Å². The number of halogens is 2. The number of alkyl halides is 2. The van der Waals surface area contributed by atoms with Crippen LogP contribution in [0.15, 0.2) is 24.3 Å². The molecule has 0 atom stereocenters. The molecule has 1 nitrogen and oxygen atoms in total. The van der Waals surface area contributed by atoms with Gasteiger partial charge in [0, 0.05) is 7.11 Å². The van der Waals surface area contributed by atoms with Gasteiger partial charge in [-0.3, -0.25) is 0 Å². The molecule has 0 aromatic heterocycles. The summed E-state index contributed by atoms with van der Waals surface area (Å²) in [6, 6.07) is 6.43. The molecule has 0 spiro atoms. The second-order valence-corrected chi connectivity index (χ2v) is 4.58. The number of unbranched alkanes of at least 4 members (excludes halogenated alkanes) is 4. The molecule has 0 saturated heterocycles. The molecule has 1 rings (SSSR count). The monoisotopic (exact) mass is 256 g/mol. The Labute approximate surface area is 108 Å². The zero-order chi connectivity index (χ0) is 13.4. The van der Waals surface area contributed by atoms with Gasteiger partial charge < -0.3 is 4.74 Å². The molecule has 0 aliphatic carbocycles. The fourth-order valence-corrected chi connectivity index (χ4v) is 1.92. The van der Waals surface area contributed by atoms with Crippen molar-refractivity contribution in [1.29, 1.82) is 0 Å². The van der Waals surface area contributed by atoms with Crippen molar-refractivity contribution in [3.63, 3.8) is 0 Å². The lowest BCUT2D eigenvalue weighted by molar-refractivity contribution is -0.231. The summed E-state index contributed by atoms with van der Waals surface area (Å²) in [6.07, 6.45) is 3.89. The Hall–Kier alpha value is -0.960. The van der Waals surface area contributed by atoms with Crippen molar-refractivity contribution >= 4 is 0 Å². The molecule has 0 bridgehead atoms. The predicted molar refractivity (Wildman–Crippen MR) is 69.8 cm³/mol. The molecule has 0 heterocycles. The summed E-state index contributed by atoms with van der Waals surface area (Å²) in [5.41, 5.74) is 1.03. The maximum atomic E-state index is 13.2. The Bertz CT molecular complexity index is 333.